The quantitative estimate of drug-likeness (QED) is 0.706. The van der Waals surface area contributed by atoms with Crippen LogP contribution in [0.15, 0.2) is 58.2 Å². The predicted octanol–water partition coefficient (Wildman–Crippen LogP) is 1.89. The Hall–Kier alpha value is -2.16. The average molecular weight is 404 g/mol. The molecule has 1 amide bonds. The summed E-state index contributed by atoms with van der Waals surface area (Å²) in [5.74, 6) is -0.124. The summed E-state index contributed by atoms with van der Waals surface area (Å²) in [6.45, 7) is 4.00. The first-order chi connectivity index (χ1) is 13.6. The summed E-state index contributed by atoms with van der Waals surface area (Å²) in [7, 11) is -3.61. The van der Waals surface area contributed by atoms with E-state index in [4.69, 9.17) is 4.42 Å². The maximum atomic E-state index is 13.3. The Morgan fingerprint density at radius 2 is 1.82 bits per heavy atom. The fourth-order valence-corrected chi connectivity index (χ4v) is 5.46. The number of likely N-dealkylation sites (tertiary alicyclic amines) is 2. The number of rotatable bonds is 7. The van der Waals surface area contributed by atoms with E-state index in [1.54, 1.807) is 39.5 Å². The summed E-state index contributed by atoms with van der Waals surface area (Å²) in [4.78, 5) is 16.7. The Labute approximate surface area is 165 Å². The molecule has 2 aliphatic heterocycles. The molecule has 0 N–H and O–H groups in total. The number of hydrogen-bond acceptors (Lipinski definition) is 5. The number of benzene rings is 1. The maximum Gasteiger partial charge on any atom is 0.257 e. The minimum absolute atomic E-state index is 0.124. The monoisotopic (exact) mass is 403 g/mol. The van der Waals surface area contributed by atoms with Gasteiger partial charge in [0.2, 0.25) is 10.0 Å². The van der Waals surface area contributed by atoms with Gasteiger partial charge in [0.25, 0.3) is 5.91 Å². The van der Waals surface area contributed by atoms with Crippen molar-refractivity contribution in [1.29, 1.82) is 0 Å². The van der Waals surface area contributed by atoms with Crippen LogP contribution in [0.25, 0.3) is 0 Å². The second kappa shape index (κ2) is 8.06. The normalized spacial score (nSPS) is 18.5. The van der Waals surface area contributed by atoms with Gasteiger partial charge in [0.1, 0.15) is 6.26 Å². The lowest BCUT2D eigenvalue weighted by atomic mass is 10.1. The van der Waals surface area contributed by atoms with Gasteiger partial charge in [-0.1, -0.05) is 18.2 Å². The van der Waals surface area contributed by atoms with Crippen molar-refractivity contribution in [2.45, 2.75) is 23.8 Å². The summed E-state index contributed by atoms with van der Waals surface area (Å²) >= 11 is 0. The molecule has 1 aromatic heterocycles. The highest BCUT2D eigenvalue weighted by Crippen LogP contribution is 2.25. The van der Waals surface area contributed by atoms with Crippen molar-refractivity contribution in [3.63, 3.8) is 0 Å². The fraction of sp³-hybridized carbons (Fsp3) is 0.450. The van der Waals surface area contributed by atoms with E-state index in [0.717, 1.165) is 19.6 Å². The van der Waals surface area contributed by atoms with Gasteiger partial charge >= 0.3 is 0 Å². The zero-order valence-electron chi connectivity index (χ0n) is 15.7. The molecule has 28 heavy (non-hydrogen) atoms. The zero-order chi connectivity index (χ0) is 19.6. The van der Waals surface area contributed by atoms with Crippen LogP contribution in [0.2, 0.25) is 0 Å². The number of furan rings is 1. The Morgan fingerprint density at radius 1 is 1.11 bits per heavy atom. The van der Waals surface area contributed by atoms with Crippen LogP contribution in [0.4, 0.5) is 0 Å². The molecule has 1 aromatic carbocycles. The van der Waals surface area contributed by atoms with Gasteiger partial charge in [-0.3, -0.25) is 4.79 Å². The number of carbonyl (C=O) groups excluding carboxylic acids is 1. The standard InChI is InChI=1S/C20H25N3O4S/c24-20(17-8-13-27-16-17)22-14-18(15-22)23(12-11-21-9-4-5-10-21)28(25,26)19-6-2-1-3-7-19/h1-3,6-8,13,16,18H,4-5,9-12,14-15H2. The van der Waals surface area contributed by atoms with Gasteiger partial charge in [0, 0.05) is 26.2 Å². The van der Waals surface area contributed by atoms with Crippen LogP contribution in [0.3, 0.4) is 0 Å². The molecule has 4 rings (SSSR count). The Balaban J connectivity index is 1.48. The van der Waals surface area contributed by atoms with Crippen LogP contribution < -0.4 is 0 Å². The fourth-order valence-electron chi connectivity index (χ4n) is 3.85. The summed E-state index contributed by atoms with van der Waals surface area (Å²) < 4.78 is 33.1. The molecule has 0 bridgehead atoms. The lowest BCUT2D eigenvalue weighted by Crippen LogP contribution is -2.62. The third-order valence-corrected chi connectivity index (χ3v) is 7.48. The van der Waals surface area contributed by atoms with Crippen molar-refractivity contribution in [3.8, 4) is 0 Å². The smallest absolute Gasteiger partial charge is 0.257 e. The van der Waals surface area contributed by atoms with Crippen LogP contribution in [-0.2, 0) is 10.0 Å². The van der Waals surface area contributed by atoms with Gasteiger partial charge in [0.05, 0.1) is 22.8 Å². The molecule has 2 aliphatic rings. The van der Waals surface area contributed by atoms with E-state index in [2.05, 4.69) is 4.90 Å². The van der Waals surface area contributed by atoms with Crippen LogP contribution in [0, 0.1) is 0 Å². The van der Waals surface area contributed by atoms with Crippen molar-refractivity contribution in [1.82, 2.24) is 14.1 Å². The molecule has 2 saturated heterocycles. The number of hydrogen-bond donors (Lipinski definition) is 0. The second-order valence-corrected chi connectivity index (χ2v) is 9.24. The summed E-state index contributed by atoms with van der Waals surface area (Å²) in [5, 5.41) is 0. The molecular formula is C20H25N3O4S. The summed E-state index contributed by atoms with van der Waals surface area (Å²) in [6, 6.07) is 9.96. The first-order valence-electron chi connectivity index (χ1n) is 9.66. The molecular weight excluding hydrogens is 378 g/mol. The summed E-state index contributed by atoms with van der Waals surface area (Å²) in [5.41, 5.74) is 0.494. The van der Waals surface area contributed by atoms with E-state index in [1.165, 1.54) is 25.4 Å². The Bertz CT molecular complexity index is 887. The zero-order valence-corrected chi connectivity index (χ0v) is 16.6. The van der Waals surface area contributed by atoms with Crippen LogP contribution in [0.5, 0.6) is 0 Å². The van der Waals surface area contributed by atoms with E-state index < -0.39 is 10.0 Å². The van der Waals surface area contributed by atoms with Gasteiger partial charge in [-0.05, 0) is 44.1 Å². The van der Waals surface area contributed by atoms with Crippen molar-refractivity contribution in [2.24, 2.45) is 0 Å². The molecule has 2 aromatic rings. The van der Waals surface area contributed by atoms with E-state index >= 15 is 0 Å². The molecule has 7 nitrogen and oxygen atoms in total. The van der Waals surface area contributed by atoms with Crippen molar-refractivity contribution >= 4 is 15.9 Å². The number of amides is 1. The predicted molar refractivity (Wildman–Crippen MR) is 104 cm³/mol. The lowest BCUT2D eigenvalue weighted by Gasteiger charge is -2.44. The largest absolute Gasteiger partial charge is 0.472 e. The van der Waals surface area contributed by atoms with E-state index in [-0.39, 0.29) is 11.9 Å². The average Bonchev–Trinajstić information content (AvgIpc) is 3.37. The second-order valence-electron chi connectivity index (χ2n) is 7.35. The third kappa shape index (κ3) is 3.85. The van der Waals surface area contributed by atoms with Crippen molar-refractivity contribution in [3.05, 3.63) is 54.5 Å². The molecule has 0 saturated carbocycles. The van der Waals surface area contributed by atoms with Gasteiger partial charge in [-0.15, -0.1) is 0 Å². The first kappa shape index (κ1) is 19.2. The highest BCUT2D eigenvalue weighted by molar-refractivity contribution is 7.89. The number of carbonyl (C=O) groups is 1. The van der Waals surface area contributed by atoms with Crippen LogP contribution in [0.1, 0.15) is 23.2 Å². The molecule has 2 fully saturated rings. The van der Waals surface area contributed by atoms with Crippen molar-refractivity contribution < 1.29 is 17.6 Å². The highest BCUT2D eigenvalue weighted by Gasteiger charge is 2.41. The van der Waals surface area contributed by atoms with Gasteiger partial charge in [-0.25, -0.2) is 8.42 Å². The van der Waals surface area contributed by atoms with Crippen molar-refractivity contribution in [2.75, 3.05) is 39.3 Å². The Morgan fingerprint density at radius 3 is 2.46 bits per heavy atom. The summed E-state index contributed by atoms with van der Waals surface area (Å²) in [6.07, 6.45) is 5.22. The molecule has 0 unspecified atom stereocenters. The van der Waals surface area contributed by atoms with Gasteiger partial charge in [-0.2, -0.15) is 4.31 Å². The van der Waals surface area contributed by atoms with Gasteiger partial charge < -0.3 is 14.2 Å². The topological polar surface area (TPSA) is 74.1 Å². The molecule has 0 spiro atoms. The van der Waals surface area contributed by atoms with E-state index in [9.17, 15) is 13.2 Å². The molecule has 0 aliphatic carbocycles. The minimum Gasteiger partial charge on any atom is -0.472 e. The molecule has 150 valence electrons. The van der Waals surface area contributed by atoms with Crippen LogP contribution >= 0.6 is 0 Å². The molecule has 3 heterocycles. The molecule has 8 heteroatoms. The Kier molecular flexibility index (Phi) is 5.52. The highest BCUT2D eigenvalue weighted by atomic mass is 32.2. The number of nitrogens with zero attached hydrogens (tertiary/aromatic N) is 3. The SMILES string of the molecule is O=C(c1ccoc1)N1CC(N(CCN2CCCC2)S(=O)(=O)c2ccccc2)C1. The van der Waals surface area contributed by atoms with E-state index in [0.29, 0.717) is 30.1 Å². The molecule has 0 radical (unpaired) electrons. The number of sulfonamides is 1. The van der Waals surface area contributed by atoms with Gasteiger partial charge in [0.15, 0.2) is 0 Å². The lowest BCUT2D eigenvalue weighted by molar-refractivity contribution is 0.0441. The first-order valence-corrected chi connectivity index (χ1v) is 11.1. The minimum atomic E-state index is -3.61. The maximum absolute atomic E-state index is 13.3. The third-order valence-electron chi connectivity index (χ3n) is 5.51. The van der Waals surface area contributed by atoms with E-state index in [1.807, 2.05) is 6.07 Å². The molecule has 0 atom stereocenters. The van der Waals surface area contributed by atoms with Crippen LogP contribution in [-0.4, -0.2) is 73.7 Å².